The van der Waals surface area contributed by atoms with Gasteiger partial charge in [-0.2, -0.15) is 0 Å². The Morgan fingerprint density at radius 3 is 2.88 bits per heavy atom. The summed E-state index contributed by atoms with van der Waals surface area (Å²) >= 11 is 3.45. The van der Waals surface area contributed by atoms with E-state index in [1.807, 2.05) is 34.9 Å². The average molecular weight is 289 g/mol. The molecule has 3 aromatic heterocycles. The summed E-state index contributed by atoms with van der Waals surface area (Å²) < 4.78 is 2.76. The van der Waals surface area contributed by atoms with Gasteiger partial charge in [-0.05, 0) is 40.2 Å². The van der Waals surface area contributed by atoms with Crippen molar-refractivity contribution in [2.45, 2.75) is 0 Å². The molecular weight excluding hydrogens is 280 g/mol. The standard InChI is InChI=1S/C12H9BrN4/c13-11-10-4-3-9(14)7-17(10)12(16-11)8-2-1-5-15-6-8/h1-7H,14H2. The van der Waals surface area contributed by atoms with Gasteiger partial charge in [0.2, 0.25) is 0 Å². The maximum absolute atomic E-state index is 5.80. The van der Waals surface area contributed by atoms with Crippen LogP contribution in [0, 0.1) is 0 Å². The minimum Gasteiger partial charge on any atom is -0.398 e. The number of hydrogen-bond acceptors (Lipinski definition) is 3. The number of halogens is 1. The summed E-state index contributed by atoms with van der Waals surface area (Å²) in [5, 5.41) is 0. The monoisotopic (exact) mass is 288 g/mol. The zero-order valence-corrected chi connectivity index (χ0v) is 10.4. The van der Waals surface area contributed by atoms with Gasteiger partial charge in [0.25, 0.3) is 0 Å². The molecule has 0 amide bonds. The summed E-state index contributed by atoms with van der Waals surface area (Å²) in [4.78, 5) is 8.58. The van der Waals surface area contributed by atoms with E-state index in [2.05, 4.69) is 25.9 Å². The number of nitrogens with two attached hydrogens (primary N) is 1. The highest BCUT2D eigenvalue weighted by Gasteiger charge is 2.10. The van der Waals surface area contributed by atoms with Crippen LogP contribution in [-0.2, 0) is 0 Å². The number of nitrogens with zero attached hydrogens (tertiary/aromatic N) is 3. The largest absolute Gasteiger partial charge is 0.398 e. The SMILES string of the molecule is Nc1ccc2c(Br)nc(-c3cccnc3)n2c1. The Morgan fingerprint density at radius 2 is 2.12 bits per heavy atom. The first-order valence-electron chi connectivity index (χ1n) is 5.09. The Labute approximate surface area is 106 Å². The van der Waals surface area contributed by atoms with Crippen molar-refractivity contribution in [3.63, 3.8) is 0 Å². The van der Waals surface area contributed by atoms with Gasteiger partial charge in [-0.25, -0.2) is 4.98 Å². The first kappa shape index (κ1) is 10.3. The van der Waals surface area contributed by atoms with Gasteiger partial charge in [0.05, 0.1) is 5.52 Å². The van der Waals surface area contributed by atoms with Gasteiger partial charge in [-0.1, -0.05) is 0 Å². The van der Waals surface area contributed by atoms with Crippen molar-refractivity contribution >= 4 is 27.1 Å². The molecule has 4 nitrogen and oxygen atoms in total. The van der Waals surface area contributed by atoms with Crippen molar-refractivity contribution in [2.24, 2.45) is 0 Å². The van der Waals surface area contributed by atoms with E-state index < -0.39 is 0 Å². The highest BCUT2D eigenvalue weighted by molar-refractivity contribution is 9.10. The van der Waals surface area contributed by atoms with Crippen LogP contribution in [-0.4, -0.2) is 14.4 Å². The lowest BCUT2D eigenvalue weighted by Gasteiger charge is -2.01. The van der Waals surface area contributed by atoms with E-state index in [1.54, 1.807) is 12.4 Å². The molecule has 2 N–H and O–H groups in total. The molecule has 0 saturated heterocycles. The molecule has 0 aliphatic carbocycles. The van der Waals surface area contributed by atoms with E-state index in [-0.39, 0.29) is 0 Å². The predicted molar refractivity (Wildman–Crippen MR) is 70.5 cm³/mol. The van der Waals surface area contributed by atoms with Crippen molar-refractivity contribution in [1.29, 1.82) is 0 Å². The van der Waals surface area contributed by atoms with Crippen molar-refractivity contribution in [1.82, 2.24) is 14.4 Å². The van der Waals surface area contributed by atoms with Crippen LogP contribution in [0.1, 0.15) is 0 Å². The lowest BCUT2D eigenvalue weighted by atomic mass is 10.3. The van der Waals surface area contributed by atoms with Crippen LogP contribution in [0.25, 0.3) is 16.9 Å². The fourth-order valence-electron chi connectivity index (χ4n) is 1.76. The lowest BCUT2D eigenvalue weighted by molar-refractivity contribution is 1.15. The van der Waals surface area contributed by atoms with E-state index in [1.165, 1.54) is 0 Å². The summed E-state index contributed by atoms with van der Waals surface area (Å²) in [6.07, 6.45) is 5.38. The summed E-state index contributed by atoms with van der Waals surface area (Å²) in [7, 11) is 0. The molecule has 0 saturated carbocycles. The molecule has 0 aliphatic rings. The third kappa shape index (κ3) is 1.68. The Bertz CT molecular complexity index is 676. The molecule has 3 heterocycles. The Kier molecular flexibility index (Phi) is 2.33. The predicted octanol–water partition coefficient (Wildman–Crippen LogP) is 2.74. The second-order valence-corrected chi connectivity index (χ2v) is 4.44. The number of nitrogen functional groups attached to an aromatic ring is 1. The van der Waals surface area contributed by atoms with Crippen LogP contribution in [0.3, 0.4) is 0 Å². The van der Waals surface area contributed by atoms with E-state index in [0.717, 1.165) is 21.5 Å². The van der Waals surface area contributed by atoms with E-state index in [9.17, 15) is 0 Å². The Morgan fingerprint density at radius 1 is 1.24 bits per heavy atom. The van der Waals surface area contributed by atoms with Crippen molar-refractivity contribution < 1.29 is 0 Å². The zero-order valence-electron chi connectivity index (χ0n) is 8.84. The van der Waals surface area contributed by atoms with Crippen molar-refractivity contribution in [2.75, 3.05) is 5.73 Å². The second-order valence-electron chi connectivity index (χ2n) is 3.69. The van der Waals surface area contributed by atoms with Crippen LogP contribution < -0.4 is 5.73 Å². The fourth-order valence-corrected chi connectivity index (χ4v) is 2.25. The highest BCUT2D eigenvalue weighted by Crippen LogP contribution is 2.26. The van der Waals surface area contributed by atoms with Crippen LogP contribution in [0.5, 0.6) is 0 Å². The highest BCUT2D eigenvalue weighted by atomic mass is 79.9. The molecule has 5 heteroatoms. The lowest BCUT2D eigenvalue weighted by Crippen LogP contribution is -1.93. The van der Waals surface area contributed by atoms with Gasteiger partial charge in [-0.15, -0.1) is 0 Å². The van der Waals surface area contributed by atoms with Gasteiger partial charge in [0.15, 0.2) is 0 Å². The normalized spacial score (nSPS) is 10.9. The van der Waals surface area contributed by atoms with Crippen molar-refractivity contribution in [3.05, 3.63) is 47.5 Å². The third-order valence-corrected chi connectivity index (χ3v) is 3.12. The molecule has 3 rings (SSSR count). The molecule has 0 spiro atoms. The Hall–Kier alpha value is -1.88. The first-order chi connectivity index (χ1) is 8.25. The van der Waals surface area contributed by atoms with Crippen molar-refractivity contribution in [3.8, 4) is 11.4 Å². The molecule has 3 aromatic rings. The number of pyridine rings is 2. The number of rotatable bonds is 1. The molecule has 0 aliphatic heterocycles. The van der Waals surface area contributed by atoms with Gasteiger partial charge in [0.1, 0.15) is 10.4 Å². The van der Waals surface area contributed by atoms with Gasteiger partial charge < -0.3 is 5.73 Å². The molecule has 0 unspecified atom stereocenters. The number of hydrogen-bond donors (Lipinski definition) is 1. The minimum absolute atomic E-state index is 0.701. The first-order valence-corrected chi connectivity index (χ1v) is 5.88. The number of imidazole rings is 1. The topological polar surface area (TPSA) is 56.2 Å². The average Bonchev–Trinajstić information content (AvgIpc) is 2.67. The van der Waals surface area contributed by atoms with Crippen LogP contribution >= 0.6 is 15.9 Å². The van der Waals surface area contributed by atoms with Gasteiger partial charge in [0, 0.05) is 29.8 Å². The smallest absolute Gasteiger partial charge is 0.147 e. The second kappa shape index (κ2) is 3.85. The summed E-state index contributed by atoms with van der Waals surface area (Å²) in [5.41, 5.74) is 8.44. The van der Waals surface area contributed by atoms with Crippen LogP contribution in [0.2, 0.25) is 0 Å². The zero-order chi connectivity index (χ0) is 11.8. The molecule has 0 radical (unpaired) electrons. The van der Waals surface area contributed by atoms with Gasteiger partial charge >= 0.3 is 0 Å². The third-order valence-electron chi connectivity index (χ3n) is 2.53. The van der Waals surface area contributed by atoms with E-state index in [0.29, 0.717) is 5.69 Å². The molecular formula is C12H9BrN4. The summed E-state index contributed by atoms with van der Waals surface area (Å²) in [6, 6.07) is 7.65. The maximum atomic E-state index is 5.80. The molecule has 0 bridgehead atoms. The molecule has 0 fully saturated rings. The summed E-state index contributed by atoms with van der Waals surface area (Å²) in [6.45, 7) is 0. The van der Waals surface area contributed by atoms with E-state index in [4.69, 9.17) is 5.73 Å². The fraction of sp³-hybridized carbons (Fsp3) is 0. The number of anilines is 1. The minimum atomic E-state index is 0.701. The molecule has 0 aromatic carbocycles. The Balaban J connectivity index is 2.34. The quantitative estimate of drug-likeness (QED) is 0.749. The molecule has 17 heavy (non-hydrogen) atoms. The van der Waals surface area contributed by atoms with Crippen LogP contribution in [0.15, 0.2) is 47.5 Å². The number of fused-ring (bicyclic) bond motifs is 1. The number of aromatic nitrogens is 3. The summed E-state index contributed by atoms with van der Waals surface area (Å²) in [5.74, 6) is 0.826. The molecule has 0 atom stereocenters. The van der Waals surface area contributed by atoms with Gasteiger partial charge in [-0.3, -0.25) is 9.38 Å². The molecule has 84 valence electrons. The maximum Gasteiger partial charge on any atom is 0.147 e. The van der Waals surface area contributed by atoms with Crippen LogP contribution in [0.4, 0.5) is 5.69 Å². The van der Waals surface area contributed by atoms with E-state index >= 15 is 0 Å².